The van der Waals surface area contributed by atoms with Crippen LogP contribution in [0.15, 0.2) is 4.52 Å². The van der Waals surface area contributed by atoms with Gasteiger partial charge in [-0.15, -0.1) is 0 Å². The van der Waals surface area contributed by atoms with Gasteiger partial charge in [-0.05, 0) is 12.1 Å². The Balaban J connectivity index is 2.84. The molecule has 0 aliphatic rings. The van der Waals surface area contributed by atoms with E-state index in [1.165, 1.54) is 6.92 Å². The minimum atomic E-state index is -0.210. The van der Waals surface area contributed by atoms with Crippen molar-refractivity contribution in [3.05, 3.63) is 5.89 Å². The number of carbonyl (C=O) groups excluding carboxylic acids is 1. The Kier molecular flexibility index (Phi) is 2.42. The number of ketones is 1. The molecule has 5 nitrogen and oxygen atoms in total. The van der Waals surface area contributed by atoms with Crippen LogP contribution in [0.3, 0.4) is 0 Å². The molecule has 0 bridgehead atoms. The molecule has 0 saturated carbocycles. The SMILES string of the molecule is CCN(C)c1noc(C(C)=O)n1. The maximum atomic E-state index is 10.8. The van der Waals surface area contributed by atoms with Crippen LogP contribution in [-0.2, 0) is 0 Å². The lowest BCUT2D eigenvalue weighted by Crippen LogP contribution is -2.17. The molecule has 0 saturated heterocycles. The molecule has 1 aromatic rings. The zero-order chi connectivity index (χ0) is 9.14. The van der Waals surface area contributed by atoms with Crippen LogP contribution in [0.1, 0.15) is 24.5 Å². The third-order valence-corrected chi connectivity index (χ3v) is 1.53. The molecule has 0 unspecified atom stereocenters. The van der Waals surface area contributed by atoms with Gasteiger partial charge in [0.25, 0.3) is 11.8 Å². The van der Waals surface area contributed by atoms with Crippen molar-refractivity contribution in [2.45, 2.75) is 13.8 Å². The minimum Gasteiger partial charge on any atom is -0.342 e. The van der Waals surface area contributed by atoms with Gasteiger partial charge in [0.05, 0.1) is 0 Å². The van der Waals surface area contributed by atoms with E-state index >= 15 is 0 Å². The first-order valence-electron chi connectivity index (χ1n) is 3.71. The molecule has 1 rings (SSSR count). The summed E-state index contributed by atoms with van der Waals surface area (Å²) >= 11 is 0. The van der Waals surface area contributed by atoms with Gasteiger partial charge in [-0.1, -0.05) is 0 Å². The molecule has 0 atom stereocenters. The van der Waals surface area contributed by atoms with E-state index in [-0.39, 0.29) is 11.7 Å². The number of hydrogen-bond acceptors (Lipinski definition) is 5. The molecule has 0 N–H and O–H groups in total. The zero-order valence-corrected chi connectivity index (χ0v) is 7.37. The third kappa shape index (κ3) is 1.61. The summed E-state index contributed by atoms with van der Waals surface area (Å²) in [6, 6.07) is 0. The van der Waals surface area contributed by atoms with E-state index in [1.807, 2.05) is 14.0 Å². The van der Waals surface area contributed by atoms with Gasteiger partial charge in [0.15, 0.2) is 0 Å². The minimum absolute atomic E-state index is 0.0605. The van der Waals surface area contributed by atoms with E-state index in [9.17, 15) is 4.79 Å². The lowest BCUT2D eigenvalue weighted by atomic mass is 10.5. The molecule has 0 radical (unpaired) electrons. The van der Waals surface area contributed by atoms with Gasteiger partial charge >= 0.3 is 0 Å². The third-order valence-electron chi connectivity index (χ3n) is 1.53. The maximum Gasteiger partial charge on any atom is 0.295 e. The molecule has 0 aliphatic heterocycles. The molecule has 1 aromatic heterocycles. The second-order valence-corrected chi connectivity index (χ2v) is 2.47. The number of hydrogen-bond donors (Lipinski definition) is 0. The van der Waals surface area contributed by atoms with Crippen molar-refractivity contribution in [3.63, 3.8) is 0 Å². The molecular formula is C7H11N3O2. The topological polar surface area (TPSA) is 59.2 Å². The van der Waals surface area contributed by atoms with E-state index in [1.54, 1.807) is 4.90 Å². The lowest BCUT2D eigenvalue weighted by molar-refractivity contribution is 0.0972. The van der Waals surface area contributed by atoms with E-state index in [4.69, 9.17) is 4.52 Å². The number of anilines is 1. The Hall–Kier alpha value is -1.39. The molecule has 12 heavy (non-hydrogen) atoms. The summed E-state index contributed by atoms with van der Waals surface area (Å²) in [7, 11) is 1.83. The highest BCUT2D eigenvalue weighted by atomic mass is 16.5. The molecule has 0 aliphatic carbocycles. The van der Waals surface area contributed by atoms with E-state index in [0.717, 1.165) is 6.54 Å². The van der Waals surface area contributed by atoms with Crippen LogP contribution >= 0.6 is 0 Å². The average Bonchev–Trinajstić information content (AvgIpc) is 2.51. The number of nitrogens with zero attached hydrogens (tertiary/aromatic N) is 3. The highest BCUT2D eigenvalue weighted by Crippen LogP contribution is 2.06. The summed E-state index contributed by atoms with van der Waals surface area (Å²) in [5.41, 5.74) is 0. The van der Waals surface area contributed by atoms with Gasteiger partial charge in [-0.2, -0.15) is 4.98 Å². The standard InChI is InChI=1S/C7H11N3O2/c1-4-10(3)7-8-6(5(2)11)12-9-7/h4H2,1-3H3. The molecule has 1 heterocycles. The van der Waals surface area contributed by atoms with Crippen LogP contribution in [0.5, 0.6) is 0 Å². The zero-order valence-electron chi connectivity index (χ0n) is 7.37. The Labute approximate surface area is 70.4 Å². The van der Waals surface area contributed by atoms with Crippen molar-refractivity contribution in [1.82, 2.24) is 10.1 Å². The molecule has 66 valence electrons. The van der Waals surface area contributed by atoms with E-state index in [2.05, 4.69) is 10.1 Å². The largest absolute Gasteiger partial charge is 0.342 e. The number of aromatic nitrogens is 2. The van der Waals surface area contributed by atoms with Gasteiger partial charge in [0.2, 0.25) is 5.78 Å². The normalized spacial score (nSPS) is 9.92. The molecule has 0 aromatic carbocycles. The van der Waals surface area contributed by atoms with Gasteiger partial charge in [0, 0.05) is 20.5 Å². The fourth-order valence-corrected chi connectivity index (χ4v) is 0.655. The fraction of sp³-hybridized carbons (Fsp3) is 0.571. The monoisotopic (exact) mass is 169 g/mol. The van der Waals surface area contributed by atoms with Crippen LogP contribution in [0.25, 0.3) is 0 Å². The van der Waals surface area contributed by atoms with Gasteiger partial charge in [-0.3, -0.25) is 4.79 Å². The van der Waals surface area contributed by atoms with Crippen molar-refractivity contribution >= 4 is 11.7 Å². The van der Waals surface area contributed by atoms with Crippen molar-refractivity contribution in [2.75, 3.05) is 18.5 Å². The Morgan fingerprint density at radius 1 is 1.67 bits per heavy atom. The predicted octanol–water partition coefficient (Wildman–Crippen LogP) is 0.728. The first-order valence-corrected chi connectivity index (χ1v) is 3.71. The number of carbonyl (C=O) groups is 1. The Morgan fingerprint density at radius 3 is 2.75 bits per heavy atom. The highest BCUT2D eigenvalue weighted by molar-refractivity contribution is 5.89. The number of rotatable bonds is 3. The Morgan fingerprint density at radius 2 is 2.33 bits per heavy atom. The van der Waals surface area contributed by atoms with Crippen LogP contribution in [0.4, 0.5) is 5.95 Å². The highest BCUT2D eigenvalue weighted by Gasteiger charge is 2.11. The van der Waals surface area contributed by atoms with Crippen LogP contribution in [-0.4, -0.2) is 29.5 Å². The molecule has 0 fully saturated rings. The van der Waals surface area contributed by atoms with Crippen LogP contribution in [0.2, 0.25) is 0 Å². The molecular weight excluding hydrogens is 158 g/mol. The first-order chi connectivity index (χ1) is 5.65. The van der Waals surface area contributed by atoms with E-state index < -0.39 is 0 Å². The summed E-state index contributed by atoms with van der Waals surface area (Å²) in [6.45, 7) is 4.13. The Bertz CT molecular complexity index is 282. The van der Waals surface area contributed by atoms with Crippen molar-refractivity contribution in [3.8, 4) is 0 Å². The van der Waals surface area contributed by atoms with Crippen LogP contribution in [0, 0.1) is 0 Å². The second kappa shape index (κ2) is 3.34. The number of Topliss-reactive ketones (excluding diaryl/α,β-unsaturated/α-hetero) is 1. The summed E-state index contributed by atoms with van der Waals surface area (Å²) in [6.07, 6.45) is 0. The summed E-state index contributed by atoms with van der Waals surface area (Å²) < 4.78 is 4.70. The van der Waals surface area contributed by atoms with Crippen LogP contribution < -0.4 is 4.90 Å². The first kappa shape index (κ1) is 8.70. The second-order valence-electron chi connectivity index (χ2n) is 2.47. The quantitative estimate of drug-likeness (QED) is 0.624. The average molecular weight is 169 g/mol. The molecule has 0 spiro atoms. The van der Waals surface area contributed by atoms with Crippen molar-refractivity contribution < 1.29 is 9.32 Å². The molecule has 0 amide bonds. The van der Waals surface area contributed by atoms with Gasteiger partial charge in [-0.25, -0.2) is 0 Å². The smallest absolute Gasteiger partial charge is 0.295 e. The fourth-order valence-electron chi connectivity index (χ4n) is 0.655. The van der Waals surface area contributed by atoms with Gasteiger partial charge < -0.3 is 9.42 Å². The summed E-state index contributed by atoms with van der Waals surface area (Å²) in [4.78, 5) is 16.4. The summed E-state index contributed by atoms with van der Waals surface area (Å²) in [5.74, 6) is 0.297. The lowest BCUT2D eigenvalue weighted by Gasteiger charge is -2.08. The maximum absolute atomic E-state index is 10.8. The summed E-state index contributed by atoms with van der Waals surface area (Å²) in [5, 5.41) is 3.63. The predicted molar refractivity (Wildman–Crippen MR) is 43.2 cm³/mol. The molecule has 5 heteroatoms. The van der Waals surface area contributed by atoms with Gasteiger partial charge in [0.1, 0.15) is 0 Å². The van der Waals surface area contributed by atoms with E-state index in [0.29, 0.717) is 5.95 Å². The van der Waals surface area contributed by atoms with Crippen molar-refractivity contribution in [1.29, 1.82) is 0 Å². The van der Waals surface area contributed by atoms with Crippen molar-refractivity contribution in [2.24, 2.45) is 0 Å².